The van der Waals surface area contributed by atoms with Crippen LogP contribution in [-0.2, 0) is 27.1 Å². The standard InChI is InChI=1S/C33H22F4N4O3.ClH/c34-26-14-12-22(13-15-26)24(20-42)18-41-31(23-6-2-1-3-7-23)17-29(39-41)30-11-5-10-28(21-43)40(30)19-32(44)38-27-9-4-8-25(16-27)33(35,36)37;/h1-17H,18-19H2,(H,38,44);1H. The van der Waals surface area contributed by atoms with E-state index < -0.39 is 30.0 Å². The minimum Gasteiger partial charge on any atom is -0.325 e. The number of rotatable bonds is 8. The summed E-state index contributed by atoms with van der Waals surface area (Å²) in [5.74, 6) is 2.55. The van der Waals surface area contributed by atoms with Crippen LogP contribution in [0.1, 0.15) is 16.8 Å². The quantitative estimate of drug-likeness (QED) is 0.174. The zero-order valence-corrected chi connectivity index (χ0v) is 24.0. The third-order valence-electron chi connectivity index (χ3n) is 6.71. The zero-order valence-electron chi connectivity index (χ0n) is 23.2. The number of hydrogen-bond acceptors (Lipinski definition) is 5. The van der Waals surface area contributed by atoms with E-state index in [1.807, 2.05) is 36.3 Å². The van der Waals surface area contributed by atoms with Crippen LogP contribution in [0.5, 0.6) is 0 Å². The first-order chi connectivity index (χ1) is 21.2. The highest BCUT2D eigenvalue weighted by molar-refractivity contribution is 5.94. The third-order valence-corrected chi connectivity index (χ3v) is 6.71. The number of halogens is 5. The van der Waals surface area contributed by atoms with Crippen LogP contribution in [0.2, 0.25) is 0 Å². The Bertz CT molecular complexity index is 1870. The molecule has 2 heterocycles. The second-order valence-electron chi connectivity index (χ2n) is 9.64. The average Bonchev–Trinajstić information content (AvgIpc) is 3.44. The van der Waals surface area contributed by atoms with Crippen LogP contribution in [0, 0.1) is 5.82 Å². The van der Waals surface area contributed by atoms with Gasteiger partial charge in [-0.3, -0.25) is 9.48 Å². The van der Waals surface area contributed by atoms with Gasteiger partial charge in [0.2, 0.25) is 5.91 Å². The van der Waals surface area contributed by atoms with Gasteiger partial charge in [0.15, 0.2) is 5.94 Å². The second-order valence-corrected chi connectivity index (χ2v) is 9.64. The molecule has 12 heteroatoms. The van der Waals surface area contributed by atoms with Crippen molar-refractivity contribution in [1.29, 1.82) is 0 Å². The molecule has 0 saturated heterocycles. The fourth-order valence-corrected chi connectivity index (χ4v) is 4.63. The molecule has 5 rings (SSSR count). The number of carbonyl (C=O) groups is 1. The van der Waals surface area contributed by atoms with Gasteiger partial charge in [0, 0.05) is 5.69 Å². The largest absolute Gasteiger partial charge is 0.416 e. The highest BCUT2D eigenvalue weighted by Gasteiger charge is 2.31. The molecule has 1 N–H and O–H groups in total. The van der Waals surface area contributed by atoms with Gasteiger partial charge in [0.25, 0.3) is 0 Å². The van der Waals surface area contributed by atoms with Gasteiger partial charge in [-0.25, -0.2) is 14.0 Å². The number of benzene rings is 3. The van der Waals surface area contributed by atoms with Crippen LogP contribution in [-0.4, -0.2) is 39.0 Å². The molecule has 0 bridgehead atoms. The number of anilines is 1. The first-order valence-electron chi connectivity index (χ1n) is 13.2. The number of aromatic nitrogens is 2. The van der Waals surface area contributed by atoms with Crippen molar-refractivity contribution < 1.29 is 31.9 Å². The predicted molar refractivity (Wildman–Crippen MR) is 164 cm³/mol. The molecular weight excluding hydrogens is 612 g/mol. The van der Waals surface area contributed by atoms with Crippen LogP contribution in [0.3, 0.4) is 0 Å². The summed E-state index contributed by atoms with van der Waals surface area (Å²) in [7, 11) is 0. The van der Waals surface area contributed by atoms with E-state index in [9.17, 15) is 31.9 Å². The van der Waals surface area contributed by atoms with Gasteiger partial charge in [-0.2, -0.15) is 18.3 Å². The summed E-state index contributed by atoms with van der Waals surface area (Å²) in [4.78, 5) is 38.2. The van der Waals surface area contributed by atoms with Crippen molar-refractivity contribution in [1.82, 2.24) is 14.7 Å². The summed E-state index contributed by atoms with van der Waals surface area (Å²) in [6.45, 7) is -0.478. The lowest BCUT2D eigenvalue weighted by Crippen LogP contribution is -2.32. The number of alkyl halides is 3. The molecule has 0 fully saturated rings. The summed E-state index contributed by atoms with van der Waals surface area (Å²) in [5, 5.41) is 7.13. The highest BCUT2D eigenvalue weighted by atomic mass is 35.5. The lowest BCUT2D eigenvalue weighted by atomic mass is 10.1. The number of amides is 1. The fourth-order valence-electron chi connectivity index (χ4n) is 4.63. The van der Waals surface area contributed by atoms with Crippen LogP contribution < -0.4 is 5.32 Å². The topological polar surface area (TPSA) is 84.3 Å². The Kier molecular flexibility index (Phi) is 10.0. The van der Waals surface area contributed by atoms with Crippen molar-refractivity contribution in [2.75, 3.05) is 11.9 Å². The Morgan fingerprint density at radius 3 is 2.31 bits per heavy atom. The number of carbonyl (C=O) groups excluding carboxylic acids is 3. The maximum Gasteiger partial charge on any atom is 0.416 e. The summed E-state index contributed by atoms with van der Waals surface area (Å²) < 4.78 is 54.5. The van der Waals surface area contributed by atoms with E-state index in [0.29, 0.717) is 22.6 Å². The fraction of sp³-hybridized carbons (Fsp3) is 0.0909. The molecule has 228 valence electrons. The number of nitrogens with zero attached hydrogens (tertiary/aromatic N) is 3. The van der Waals surface area contributed by atoms with Crippen LogP contribution >= 0.6 is 12.4 Å². The molecule has 1 amide bonds. The van der Waals surface area contributed by atoms with Gasteiger partial charge < -0.3 is 10.2 Å². The van der Waals surface area contributed by atoms with Crippen LogP contribution in [0.25, 0.3) is 22.5 Å². The summed E-state index contributed by atoms with van der Waals surface area (Å²) in [5.41, 5.74) is 1.68. The molecule has 0 spiro atoms. The van der Waals surface area contributed by atoms with Crippen molar-refractivity contribution in [2.24, 2.45) is 0 Å². The van der Waals surface area contributed by atoms with E-state index in [0.717, 1.165) is 17.7 Å². The molecule has 3 aromatic carbocycles. The zero-order chi connectivity index (χ0) is 31.3. The molecule has 1 aromatic heterocycles. The molecule has 0 saturated carbocycles. The summed E-state index contributed by atoms with van der Waals surface area (Å²) in [6, 6.07) is 20.5. The molecule has 1 aliphatic rings. The lowest BCUT2D eigenvalue weighted by Gasteiger charge is -2.26. The summed E-state index contributed by atoms with van der Waals surface area (Å²) in [6.07, 6.45) is 0.0427. The minimum absolute atomic E-state index is 0. The van der Waals surface area contributed by atoms with E-state index in [1.165, 1.54) is 47.4 Å². The van der Waals surface area contributed by atoms with E-state index in [1.54, 1.807) is 28.8 Å². The van der Waals surface area contributed by atoms with Gasteiger partial charge >= 0.3 is 6.18 Å². The van der Waals surface area contributed by atoms with Gasteiger partial charge in [-0.1, -0.05) is 54.6 Å². The average molecular weight is 635 g/mol. The van der Waals surface area contributed by atoms with Crippen molar-refractivity contribution in [2.45, 2.75) is 12.7 Å². The predicted octanol–water partition coefficient (Wildman–Crippen LogP) is 6.61. The SMILES string of the molecule is Cl.O=C=C(Cn1nc(C2=CC=CC(=C=O)N2CC(=O)Nc2cccc(C(F)(F)F)c2)cc1-c1ccccc1)c1ccc(F)cc1. The van der Waals surface area contributed by atoms with Gasteiger partial charge in [0.1, 0.15) is 29.7 Å². The van der Waals surface area contributed by atoms with Gasteiger partial charge in [-0.15, -0.1) is 12.4 Å². The number of allylic oxidation sites excluding steroid dienone is 4. The number of hydrogen-bond donors (Lipinski definition) is 1. The molecule has 7 nitrogen and oxygen atoms in total. The Balaban J connectivity index is 0.00000461. The van der Waals surface area contributed by atoms with Crippen molar-refractivity contribution >= 4 is 47.2 Å². The first-order valence-corrected chi connectivity index (χ1v) is 13.2. The molecule has 0 aliphatic carbocycles. The smallest absolute Gasteiger partial charge is 0.325 e. The Morgan fingerprint density at radius 1 is 0.911 bits per heavy atom. The summed E-state index contributed by atoms with van der Waals surface area (Å²) >= 11 is 0. The van der Waals surface area contributed by atoms with Gasteiger partial charge in [-0.05, 0) is 59.7 Å². The highest BCUT2D eigenvalue weighted by Crippen LogP contribution is 2.32. The molecule has 0 radical (unpaired) electrons. The van der Waals surface area contributed by atoms with E-state index in [2.05, 4.69) is 10.4 Å². The molecule has 4 aromatic rings. The maximum atomic E-state index is 13.5. The molecule has 1 aliphatic heterocycles. The Morgan fingerprint density at radius 2 is 1.64 bits per heavy atom. The normalized spacial score (nSPS) is 12.5. The van der Waals surface area contributed by atoms with E-state index in [-0.39, 0.29) is 35.9 Å². The Labute approximate surface area is 260 Å². The molecule has 0 atom stereocenters. The number of nitrogens with one attached hydrogen (secondary N) is 1. The third kappa shape index (κ3) is 7.55. The van der Waals surface area contributed by atoms with Crippen molar-refractivity contribution in [3.05, 3.63) is 131 Å². The minimum atomic E-state index is -4.59. The first kappa shape index (κ1) is 32.4. The van der Waals surface area contributed by atoms with Gasteiger partial charge in [0.05, 0.1) is 29.1 Å². The Hall–Kier alpha value is -5.47. The van der Waals surface area contributed by atoms with Crippen LogP contribution in [0.15, 0.2) is 109 Å². The maximum absolute atomic E-state index is 13.5. The van der Waals surface area contributed by atoms with Crippen LogP contribution in [0.4, 0.5) is 23.2 Å². The molecule has 45 heavy (non-hydrogen) atoms. The van der Waals surface area contributed by atoms with E-state index in [4.69, 9.17) is 0 Å². The molecule has 0 unspecified atom stereocenters. The lowest BCUT2D eigenvalue weighted by molar-refractivity contribution is -0.137. The van der Waals surface area contributed by atoms with Crippen molar-refractivity contribution in [3.63, 3.8) is 0 Å². The molecular formula is C33H23ClF4N4O3. The van der Waals surface area contributed by atoms with E-state index >= 15 is 0 Å². The van der Waals surface area contributed by atoms with Crippen molar-refractivity contribution in [3.8, 4) is 11.3 Å². The second kappa shape index (κ2) is 13.9. The monoisotopic (exact) mass is 634 g/mol.